The molecule has 3 nitrogen and oxygen atoms in total. The van der Waals surface area contributed by atoms with E-state index in [4.69, 9.17) is 4.42 Å². The highest BCUT2D eigenvalue weighted by atomic mass is 16.4. The maximum Gasteiger partial charge on any atom is 0.248 e. The first kappa shape index (κ1) is 15.5. The topological polar surface area (TPSA) is 38.9 Å². The Bertz CT molecular complexity index is 1220. The molecule has 0 amide bonds. The summed E-state index contributed by atoms with van der Waals surface area (Å²) in [6.07, 6.45) is 0. The summed E-state index contributed by atoms with van der Waals surface area (Å²) in [5.74, 6) is 1.06. The highest BCUT2D eigenvalue weighted by Gasteiger charge is 2.15. The van der Waals surface area contributed by atoms with Gasteiger partial charge in [-0.1, -0.05) is 84.9 Å². The molecule has 0 aliphatic rings. The lowest BCUT2D eigenvalue weighted by atomic mass is 10.00. The Hall–Kier alpha value is -3.72. The van der Waals surface area contributed by atoms with Crippen LogP contribution in [0.3, 0.4) is 0 Å². The van der Waals surface area contributed by atoms with Gasteiger partial charge in [-0.2, -0.15) is 0 Å². The summed E-state index contributed by atoms with van der Waals surface area (Å²) in [6.45, 7) is 0. The van der Waals surface area contributed by atoms with Crippen molar-refractivity contribution in [3.05, 3.63) is 97.1 Å². The largest absolute Gasteiger partial charge is 0.416 e. The highest BCUT2D eigenvalue weighted by molar-refractivity contribution is 5.94. The number of hydrogen-bond donors (Lipinski definition) is 0. The Kier molecular flexibility index (Phi) is 3.76. The van der Waals surface area contributed by atoms with Crippen LogP contribution in [0, 0.1) is 0 Å². The van der Waals surface area contributed by atoms with Gasteiger partial charge in [0.15, 0.2) is 0 Å². The van der Waals surface area contributed by atoms with Crippen molar-refractivity contribution in [2.45, 2.75) is 0 Å². The summed E-state index contributed by atoms with van der Waals surface area (Å²) in [5.41, 5.74) is 4.08. The van der Waals surface area contributed by atoms with Crippen LogP contribution in [-0.4, -0.2) is 10.2 Å². The first-order chi connectivity index (χ1) is 13.4. The second-order valence-electron chi connectivity index (χ2n) is 6.35. The zero-order chi connectivity index (χ0) is 18.1. The number of benzene rings is 4. The average Bonchev–Trinajstić information content (AvgIpc) is 3.24. The van der Waals surface area contributed by atoms with Gasteiger partial charge < -0.3 is 4.42 Å². The van der Waals surface area contributed by atoms with E-state index in [0.717, 1.165) is 33.0 Å². The normalized spacial score (nSPS) is 11.0. The van der Waals surface area contributed by atoms with Gasteiger partial charge in [0.2, 0.25) is 11.8 Å². The van der Waals surface area contributed by atoms with Crippen molar-refractivity contribution in [3.63, 3.8) is 0 Å². The Morgan fingerprint density at radius 3 is 1.93 bits per heavy atom. The molecule has 27 heavy (non-hydrogen) atoms. The van der Waals surface area contributed by atoms with Crippen LogP contribution in [0.25, 0.3) is 44.8 Å². The summed E-state index contributed by atoms with van der Waals surface area (Å²) in [4.78, 5) is 0. The fourth-order valence-electron chi connectivity index (χ4n) is 3.39. The summed E-state index contributed by atoms with van der Waals surface area (Å²) < 4.78 is 6.10. The van der Waals surface area contributed by atoms with E-state index >= 15 is 0 Å². The monoisotopic (exact) mass is 348 g/mol. The van der Waals surface area contributed by atoms with E-state index in [1.54, 1.807) is 0 Å². The van der Waals surface area contributed by atoms with Gasteiger partial charge in [0.1, 0.15) is 0 Å². The number of hydrogen-bond acceptors (Lipinski definition) is 3. The van der Waals surface area contributed by atoms with Gasteiger partial charge in [0.05, 0.1) is 0 Å². The van der Waals surface area contributed by atoms with Crippen molar-refractivity contribution in [2.75, 3.05) is 0 Å². The van der Waals surface area contributed by atoms with Crippen LogP contribution in [-0.2, 0) is 0 Å². The predicted molar refractivity (Wildman–Crippen MR) is 108 cm³/mol. The van der Waals surface area contributed by atoms with E-state index in [1.165, 1.54) is 0 Å². The van der Waals surface area contributed by atoms with Gasteiger partial charge in [-0.05, 0) is 34.0 Å². The van der Waals surface area contributed by atoms with E-state index in [1.807, 2.05) is 60.7 Å². The molecule has 0 spiro atoms. The van der Waals surface area contributed by atoms with Crippen molar-refractivity contribution < 1.29 is 4.42 Å². The van der Waals surface area contributed by atoms with Crippen LogP contribution >= 0.6 is 0 Å². The van der Waals surface area contributed by atoms with E-state index in [-0.39, 0.29) is 0 Å². The molecule has 128 valence electrons. The van der Waals surface area contributed by atoms with E-state index in [2.05, 4.69) is 46.6 Å². The van der Waals surface area contributed by atoms with E-state index in [0.29, 0.717) is 11.8 Å². The van der Waals surface area contributed by atoms with Crippen molar-refractivity contribution in [2.24, 2.45) is 0 Å². The highest BCUT2D eigenvalue weighted by Crippen LogP contribution is 2.34. The molecule has 0 fully saturated rings. The molecule has 0 aliphatic heterocycles. The molecule has 0 saturated heterocycles. The molecule has 1 heterocycles. The van der Waals surface area contributed by atoms with Crippen LogP contribution in [0.4, 0.5) is 0 Å². The maximum absolute atomic E-state index is 6.10. The first-order valence-electron chi connectivity index (χ1n) is 8.86. The van der Waals surface area contributed by atoms with Crippen LogP contribution in [0.15, 0.2) is 101 Å². The molecule has 5 aromatic rings. The molecule has 3 heteroatoms. The van der Waals surface area contributed by atoms with Crippen molar-refractivity contribution in [1.82, 2.24) is 10.2 Å². The Morgan fingerprint density at radius 1 is 0.481 bits per heavy atom. The van der Waals surface area contributed by atoms with Gasteiger partial charge >= 0.3 is 0 Å². The second kappa shape index (κ2) is 6.54. The SMILES string of the molecule is c1ccc(-c2ccccc2-c2nnc(-c3cccc4ccccc34)o2)cc1. The molecule has 1 aromatic heterocycles. The zero-order valence-electron chi connectivity index (χ0n) is 14.5. The third kappa shape index (κ3) is 2.79. The molecule has 4 aromatic carbocycles. The second-order valence-corrected chi connectivity index (χ2v) is 6.35. The van der Waals surface area contributed by atoms with Crippen LogP contribution in [0.5, 0.6) is 0 Å². The van der Waals surface area contributed by atoms with E-state index in [9.17, 15) is 0 Å². The quantitative estimate of drug-likeness (QED) is 0.388. The number of nitrogens with zero attached hydrogens (tertiary/aromatic N) is 2. The Balaban J connectivity index is 1.63. The number of aromatic nitrogens is 2. The van der Waals surface area contributed by atoms with Crippen LogP contribution in [0.1, 0.15) is 0 Å². The molecule has 0 aliphatic carbocycles. The maximum atomic E-state index is 6.10. The predicted octanol–water partition coefficient (Wildman–Crippen LogP) is 6.22. The van der Waals surface area contributed by atoms with Crippen molar-refractivity contribution in [3.8, 4) is 34.0 Å². The molecule has 0 N–H and O–H groups in total. The van der Waals surface area contributed by atoms with Gasteiger partial charge in [0.25, 0.3) is 0 Å². The lowest BCUT2D eigenvalue weighted by Crippen LogP contribution is -1.84. The molecule has 0 radical (unpaired) electrons. The van der Waals surface area contributed by atoms with Gasteiger partial charge in [-0.3, -0.25) is 0 Å². The third-order valence-corrected chi connectivity index (χ3v) is 4.69. The summed E-state index contributed by atoms with van der Waals surface area (Å²) >= 11 is 0. The molecule has 0 saturated carbocycles. The van der Waals surface area contributed by atoms with Crippen LogP contribution in [0.2, 0.25) is 0 Å². The van der Waals surface area contributed by atoms with Gasteiger partial charge in [-0.15, -0.1) is 10.2 Å². The minimum Gasteiger partial charge on any atom is -0.416 e. The Labute approximate surface area is 156 Å². The number of fused-ring (bicyclic) bond motifs is 1. The molecule has 0 atom stereocenters. The molecular formula is C24H16N2O. The molecule has 0 bridgehead atoms. The lowest BCUT2D eigenvalue weighted by molar-refractivity contribution is 0.585. The van der Waals surface area contributed by atoms with Gasteiger partial charge in [0, 0.05) is 11.1 Å². The molecule has 0 unspecified atom stereocenters. The van der Waals surface area contributed by atoms with E-state index < -0.39 is 0 Å². The fraction of sp³-hybridized carbons (Fsp3) is 0. The van der Waals surface area contributed by atoms with Crippen molar-refractivity contribution >= 4 is 10.8 Å². The summed E-state index contributed by atoms with van der Waals surface area (Å²) in [5, 5.41) is 10.9. The smallest absolute Gasteiger partial charge is 0.248 e. The van der Waals surface area contributed by atoms with Crippen LogP contribution < -0.4 is 0 Å². The molecule has 5 rings (SSSR count). The first-order valence-corrected chi connectivity index (χ1v) is 8.86. The number of rotatable bonds is 3. The zero-order valence-corrected chi connectivity index (χ0v) is 14.5. The van der Waals surface area contributed by atoms with Crippen molar-refractivity contribution in [1.29, 1.82) is 0 Å². The summed E-state index contributed by atoms with van der Waals surface area (Å²) in [6, 6.07) is 32.7. The average molecular weight is 348 g/mol. The summed E-state index contributed by atoms with van der Waals surface area (Å²) in [7, 11) is 0. The van der Waals surface area contributed by atoms with Gasteiger partial charge in [-0.25, -0.2) is 0 Å². The minimum atomic E-state index is 0.525. The third-order valence-electron chi connectivity index (χ3n) is 4.69. The standard InChI is InChI=1S/C24H16N2O/c1-2-9-17(10-3-1)19-14-6-7-15-21(19)23-25-26-24(27-23)22-16-8-12-18-11-4-5-13-20(18)22/h1-16H. The fourth-order valence-corrected chi connectivity index (χ4v) is 3.39. The lowest BCUT2D eigenvalue weighted by Gasteiger charge is -2.06. The Morgan fingerprint density at radius 2 is 1.07 bits per heavy atom. The molecular weight excluding hydrogens is 332 g/mol. The minimum absolute atomic E-state index is 0.525.